The van der Waals surface area contributed by atoms with Crippen LogP contribution in [0.1, 0.15) is 29.8 Å². The molecule has 0 aliphatic carbocycles. The first-order valence-electron chi connectivity index (χ1n) is 8.22. The second-order valence-corrected chi connectivity index (χ2v) is 5.68. The SMILES string of the molecule is CCN(CC)Cc1cccc(NC(=O)c2ccc3c(c2)OCO3)c1. The first-order chi connectivity index (χ1) is 11.7. The molecule has 0 fully saturated rings. The maximum Gasteiger partial charge on any atom is 0.255 e. The number of ether oxygens (including phenoxy) is 2. The molecular weight excluding hydrogens is 304 g/mol. The fraction of sp³-hybridized carbons (Fsp3) is 0.316. The van der Waals surface area contributed by atoms with E-state index in [1.54, 1.807) is 18.2 Å². The highest BCUT2D eigenvalue weighted by Crippen LogP contribution is 2.32. The maximum atomic E-state index is 12.4. The monoisotopic (exact) mass is 326 g/mol. The Kier molecular flexibility index (Phi) is 5.01. The van der Waals surface area contributed by atoms with Gasteiger partial charge < -0.3 is 14.8 Å². The average Bonchev–Trinajstić information content (AvgIpc) is 3.07. The molecule has 0 radical (unpaired) electrons. The summed E-state index contributed by atoms with van der Waals surface area (Å²) < 4.78 is 10.6. The lowest BCUT2D eigenvalue weighted by molar-refractivity contribution is 0.102. The van der Waals surface area contributed by atoms with Gasteiger partial charge in [-0.15, -0.1) is 0 Å². The number of amides is 1. The third kappa shape index (κ3) is 3.68. The molecule has 5 heteroatoms. The summed E-state index contributed by atoms with van der Waals surface area (Å²) >= 11 is 0. The van der Waals surface area contributed by atoms with Crippen LogP contribution in [0.3, 0.4) is 0 Å². The van der Waals surface area contributed by atoms with Crippen LogP contribution in [0.5, 0.6) is 11.5 Å². The second kappa shape index (κ2) is 7.36. The van der Waals surface area contributed by atoms with Crippen molar-refractivity contribution in [1.29, 1.82) is 0 Å². The molecule has 1 amide bonds. The number of carbonyl (C=O) groups excluding carboxylic acids is 1. The van der Waals surface area contributed by atoms with Crippen molar-refractivity contribution in [2.75, 3.05) is 25.2 Å². The van der Waals surface area contributed by atoms with Crippen LogP contribution in [-0.2, 0) is 6.54 Å². The zero-order chi connectivity index (χ0) is 16.9. The van der Waals surface area contributed by atoms with Gasteiger partial charge in [-0.25, -0.2) is 0 Å². The summed E-state index contributed by atoms with van der Waals surface area (Å²) in [5.74, 6) is 1.12. The molecule has 1 aliphatic rings. The Morgan fingerprint density at radius 2 is 1.88 bits per heavy atom. The number of carbonyl (C=O) groups is 1. The third-order valence-electron chi connectivity index (χ3n) is 4.12. The van der Waals surface area contributed by atoms with E-state index >= 15 is 0 Å². The predicted molar refractivity (Wildman–Crippen MR) is 93.6 cm³/mol. The van der Waals surface area contributed by atoms with Crippen LogP contribution >= 0.6 is 0 Å². The van der Waals surface area contributed by atoms with E-state index in [0.717, 1.165) is 25.3 Å². The number of rotatable bonds is 6. The normalized spacial score (nSPS) is 12.5. The first-order valence-corrected chi connectivity index (χ1v) is 8.22. The zero-order valence-corrected chi connectivity index (χ0v) is 14.0. The van der Waals surface area contributed by atoms with E-state index in [0.29, 0.717) is 17.1 Å². The van der Waals surface area contributed by atoms with Crippen molar-refractivity contribution in [2.24, 2.45) is 0 Å². The minimum Gasteiger partial charge on any atom is -0.454 e. The molecule has 126 valence electrons. The van der Waals surface area contributed by atoms with Crippen LogP contribution in [0.2, 0.25) is 0 Å². The molecule has 2 aromatic carbocycles. The van der Waals surface area contributed by atoms with Gasteiger partial charge in [-0.05, 0) is 49.0 Å². The molecule has 1 N–H and O–H groups in total. The summed E-state index contributed by atoms with van der Waals surface area (Å²) in [6, 6.07) is 13.2. The maximum absolute atomic E-state index is 12.4. The lowest BCUT2D eigenvalue weighted by atomic mass is 10.1. The van der Waals surface area contributed by atoms with Gasteiger partial charge in [-0.3, -0.25) is 9.69 Å². The Hall–Kier alpha value is -2.53. The molecule has 3 rings (SSSR count). The highest BCUT2D eigenvalue weighted by Gasteiger charge is 2.16. The molecule has 1 heterocycles. The number of hydrogen-bond donors (Lipinski definition) is 1. The smallest absolute Gasteiger partial charge is 0.255 e. The fourth-order valence-electron chi connectivity index (χ4n) is 2.69. The molecule has 5 nitrogen and oxygen atoms in total. The van der Waals surface area contributed by atoms with Crippen molar-refractivity contribution in [3.8, 4) is 11.5 Å². The van der Waals surface area contributed by atoms with Crippen LogP contribution in [-0.4, -0.2) is 30.7 Å². The number of benzene rings is 2. The molecule has 0 bridgehead atoms. The van der Waals surface area contributed by atoms with Crippen LogP contribution in [0.4, 0.5) is 5.69 Å². The largest absolute Gasteiger partial charge is 0.454 e. The molecule has 2 aromatic rings. The zero-order valence-electron chi connectivity index (χ0n) is 14.0. The van der Waals surface area contributed by atoms with Crippen LogP contribution in [0.15, 0.2) is 42.5 Å². The Labute approximate surface area is 142 Å². The van der Waals surface area contributed by atoms with Gasteiger partial charge >= 0.3 is 0 Å². The van der Waals surface area contributed by atoms with Crippen molar-refractivity contribution in [1.82, 2.24) is 4.90 Å². The van der Waals surface area contributed by atoms with Crippen molar-refractivity contribution in [3.63, 3.8) is 0 Å². The minimum absolute atomic E-state index is 0.159. The number of nitrogens with zero attached hydrogens (tertiary/aromatic N) is 1. The summed E-state index contributed by atoms with van der Waals surface area (Å²) in [5, 5.41) is 2.95. The van der Waals surface area contributed by atoms with Crippen molar-refractivity contribution in [3.05, 3.63) is 53.6 Å². The molecule has 0 saturated carbocycles. The number of hydrogen-bond acceptors (Lipinski definition) is 4. The van der Waals surface area contributed by atoms with Crippen molar-refractivity contribution >= 4 is 11.6 Å². The average molecular weight is 326 g/mol. The fourth-order valence-corrected chi connectivity index (χ4v) is 2.69. The molecule has 0 spiro atoms. The van der Waals surface area contributed by atoms with Crippen molar-refractivity contribution in [2.45, 2.75) is 20.4 Å². The minimum atomic E-state index is -0.159. The predicted octanol–water partition coefficient (Wildman–Crippen LogP) is 3.51. The van der Waals surface area contributed by atoms with E-state index in [4.69, 9.17) is 9.47 Å². The van der Waals surface area contributed by atoms with Crippen molar-refractivity contribution < 1.29 is 14.3 Å². The summed E-state index contributed by atoms with van der Waals surface area (Å²) in [5.41, 5.74) is 2.53. The summed E-state index contributed by atoms with van der Waals surface area (Å²) in [6.07, 6.45) is 0. The van der Waals surface area contributed by atoms with Gasteiger partial charge in [0.2, 0.25) is 6.79 Å². The lowest BCUT2D eigenvalue weighted by Gasteiger charge is -2.18. The van der Waals surface area contributed by atoms with E-state index in [9.17, 15) is 4.79 Å². The molecular formula is C19H22N2O3. The first kappa shape index (κ1) is 16.3. The van der Waals surface area contributed by atoms with Crippen LogP contribution in [0, 0.1) is 0 Å². The van der Waals surface area contributed by atoms with Gasteiger partial charge in [0, 0.05) is 17.8 Å². The van der Waals surface area contributed by atoms with E-state index in [1.165, 1.54) is 5.56 Å². The number of nitrogens with one attached hydrogen (secondary N) is 1. The van der Waals surface area contributed by atoms with Gasteiger partial charge in [0.1, 0.15) is 0 Å². The number of anilines is 1. The van der Waals surface area contributed by atoms with Gasteiger partial charge in [-0.1, -0.05) is 26.0 Å². The molecule has 0 aromatic heterocycles. The summed E-state index contributed by atoms with van der Waals surface area (Å²) in [4.78, 5) is 14.8. The Bertz CT molecular complexity index is 726. The van der Waals surface area contributed by atoms with Crippen LogP contribution < -0.4 is 14.8 Å². The summed E-state index contributed by atoms with van der Waals surface area (Å²) in [6.45, 7) is 7.38. The second-order valence-electron chi connectivity index (χ2n) is 5.68. The quantitative estimate of drug-likeness (QED) is 0.882. The highest BCUT2D eigenvalue weighted by molar-refractivity contribution is 6.04. The third-order valence-corrected chi connectivity index (χ3v) is 4.12. The molecule has 0 atom stereocenters. The molecule has 0 saturated heterocycles. The Morgan fingerprint density at radius 1 is 1.08 bits per heavy atom. The topological polar surface area (TPSA) is 50.8 Å². The van der Waals surface area contributed by atoms with E-state index in [1.807, 2.05) is 18.2 Å². The molecule has 0 unspecified atom stereocenters. The molecule has 1 aliphatic heterocycles. The van der Waals surface area contributed by atoms with E-state index in [2.05, 4.69) is 30.1 Å². The Balaban J connectivity index is 1.70. The number of fused-ring (bicyclic) bond motifs is 1. The lowest BCUT2D eigenvalue weighted by Crippen LogP contribution is -2.22. The van der Waals surface area contributed by atoms with Gasteiger partial charge in [0.15, 0.2) is 11.5 Å². The summed E-state index contributed by atoms with van der Waals surface area (Å²) in [7, 11) is 0. The standard InChI is InChI=1S/C19H22N2O3/c1-3-21(4-2)12-14-6-5-7-16(10-14)20-19(22)15-8-9-17-18(11-15)24-13-23-17/h5-11H,3-4,12-13H2,1-2H3,(H,20,22). The Morgan fingerprint density at radius 3 is 2.67 bits per heavy atom. The van der Waals surface area contributed by atoms with E-state index < -0.39 is 0 Å². The molecule has 24 heavy (non-hydrogen) atoms. The highest BCUT2D eigenvalue weighted by atomic mass is 16.7. The van der Waals surface area contributed by atoms with Gasteiger partial charge in [0.05, 0.1) is 0 Å². The van der Waals surface area contributed by atoms with Gasteiger partial charge in [-0.2, -0.15) is 0 Å². The van der Waals surface area contributed by atoms with Gasteiger partial charge in [0.25, 0.3) is 5.91 Å². The van der Waals surface area contributed by atoms with E-state index in [-0.39, 0.29) is 12.7 Å². The van der Waals surface area contributed by atoms with Crippen LogP contribution in [0.25, 0.3) is 0 Å².